The first-order valence-electron chi connectivity index (χ1n) is 6.18. The molecule has 1 aromatic heterocycles. The predicted molar refractivity (Wildman–Crippen MR) is 74.6 cm³/mol. The van der Waals surface area contributed by atoms with Gasteiger partial charge >= 0.3 is 0 Å². The Morgan fingerprint density at radius 2 is 2.18 bits per heavy atom. The van der Waals surface area contributed by atoms with Crippen LogP contribution in [0.15, 0.2) is 29.4 Å². The van der Waals surface area contributed by atoms with Crippen molar-refractivity contribution in [3.05, 3.63) is 24.3 Å². The van der Waals surface area contributed by atoms with Crippen LogP contribution in [0.4, 0.5) is 0 Å². The number of nitrogens with one attached hydrogen (secondary N) is 2. The Hall–Kier alpha value is -1.00. The van der Waals surface area contributed by atoms with Crippen LogP contribution in [-0.2, 0) is 0 Å². The SMILES string of the molecule is CCCCNCCSc1nc2ccccc2[nH]1. The molecule has 0 amide bonds. The van der Waals surface area contributed by atoms with Gasteiger partial charge < -0.3 is 10.3 Å². The van der Waals surface area contributed by atoms with E-state index >= 15 is 0 Å². The smallest absolute Gasteiger partial charge is 0.166 e. The van der Waals surface area contributed by atoms with Crippen molar-refractivity contribution >= 4 is 22.8 Å². The van der Waals surface area contributed by atoms with Crippen molar-refractivity contribution < 1.29 is 0 Å². The molecule has 0 fully saturated rings. The molecule has 0 saturated heterocycles. The van der Waals surface area contributed by atoms with Gasteiger partial charge in [-0.15, -0.1) is 0 Å². The molecule has 0 aliphatic carbocycles. The molecular weight excluding hydrogens is 230 g/mol. The second-order valence-electron chi connectivity index (χ2n) is 4.01. The minimum absolute atomic E-state index is 1.02. The largest absolute Gasteiger partial charge is 0.333 e. The van der Waals surface area contributed by atoms with Gasteiger partial charge in [-0.1, -0.05) is 37.2 Å². The molecule has 0 radical (unpaired) electrons. The second-order valence-corrected chi connectivity index (χ2v) is 5.09. The zero-order valence-corrected chi connectivity index (χ0v) is 11.0. The number of imidazole rings is 1. The van der Waals surface area contributed by atoms with E-state index in [1.54, 1.807) is 11.8 Å². The number of rotatable bonds is 7. The highest BCUT2D eigenvalue weighted by atomic mass is 32.2. The lowest BCUT2D eigenvalue weighted by Gasteiger charge is -2.01. The van der Waals surface area contributed by atoms with E-state index in [1.807, 2.05) is 18.2 Å². The van der Waals surface area contributed by atoms with Crippen LogP contribution in [0.1, 0.15) is 19.8 Å². The number of hydrogen-bond acceptors (Lipinski definition) is 3. The lowest BCUT2D eigenvalue weighted by atomic mass is 10.3. The number of fused-ring (bicyclic) bond motifs is 1. The Bertz CT molecular complexity index is 420. The topological polar surface area (TPSA) is 40.7 Å². The van der Waals surface area contributed by atoms with Gasteiger partial charge in [0.2, 0.25) is 0 Å². The van der Waals surface area contributed by atoms with Crippen molar-refractivity contribution in [2.75, 3.05) is 18.8 Å². The molecule has 0 bridgehead atoms. The third-order valence-corrected chi connectivity index (χ3v) is 3.47. The minimum Gasteiger partial charge on any atom is -0.333 e. The predicted octanol–water partition coefficient (Wildman–Crippen LogP) is 3.04. The van der Waals surface area contributed by atoms with Crippen LogP contribution >= 0.6 is 11.8 Å². The summed E-state index contributed by atoms with van der Waals surface area (Å²) in [4.78, 5) is 7.85. The Morgan fingerprint density at radius 3 is 3.00 bits per heavy atom. The van der Waals surface area contributed by atoms with E-state index in [4.69, 9.17) is 0 Å². The van der Waals surface area contributed by atoms with Crippen molar-refractivity contribution in [3.8, 4) is 0 Å². The van der Waals surface area contributed by atoms with E-state index in [0.29, 0.717) is 0 Å². The van der Waals surface area contributed by atoms with E-state index in [9.17, 15) is 0 Å². The highest BCUT2D eigenvalue weighted by Crippen LogP contribution is 2.18. The maximum Gasteiger partial charge on any atom is 0.166 e. The minimum atomic E-state index is 1.02. The normalized spacial score (nSPS) is 11.1. The number of nitrogens with zero attached hydrogens (tertiary/aromatic N) is 1. The molecule has 0 saturated carbocycles. The monoisotopic (exact) mass is 249 g/mol. The van der Waals surface area contributed by atoms with Crippen molar-refractivity contribution in [1.82, 2.24) is 15.3 Å². The number of aromatic amines is 1. The average Bonchev–Trinajstić information content (AvgIpc) is 2.76. The molecule has 4 heteroatoms. The Labute approximate surface area is 106 Å². The standard InChI is InChI=1S/C13H19N3S/c1-2-3-8-14-9-10-17-13-15-11-6-4-5-7-12(11)16-13/h4-7,14H,2-3,8-10H2,1H3,(H,15,16). The van der Waals surface area contributed by atoms with Gasteiger partial charge in [-0.2, -0.15) is 0 Å². The van der Waals surface area contributed by atoms with Crippen molar-refractivity contribution in [1.29, 1.82) is 0 Å². The first-order valence-corrected chi connectivity index (χ1v) is 7.17. The fraction of sp³-hybridized carbons (Fsp3) is 0.462. The molecular formula is C13H19N3S. The fourth-order valence-corrected chi connectivity index (χ4v) is 2.43. The maximum absolute atomic E-state index is 4.53. The zero-order chi connectivity index (χ0) is 11.9. The number of unbranched alkanes of at least 4 members (excludes halogenated alkanes) is 1. The van der Waals surface area contributed by atoms with Crippen LogP contribution in [0.3, 0.4) is 0 Å². The molecule has 0 spiro atoms. The molecule has 92 valence electrons. The molecule has 17 heavy (non-hydrogen) atoms. The summed E-state index contributed by atoms with van der Waals surface area (Å²) in [6.07, 6.45) is 2.51. The summed E-state index contributed by atoms with van der Waals surface area (Å²) in [6.45, 7) is 4.38. The molecule has 0 aliphatic rings. The lowest BCUT2D eigenvalue weighted by Crippen LogP contribution is -2.18. The van der Waals surface area contributed by atoms with Crippen LogP contribution in [0.2, 0.25) is 0 Å². The molecule has 3 nitrogen and oxygen atoms in total. The van der Waals surface area contributed by atoms with E-state index in [0.717, 1.165) is 35.0 Å². The van der Waals surface area contributed by atoms with E-state index in [2.05, 4.69) is 28.3 Å². The van der Waals surface area contributed by atoms with Gasteiger partial charge in [0.05, 0.1) is 11.0 Å². The maximum atomic E-state index is 4.53. The summed E-state index contributed by atoms with van der Waals surface area (Å²) in [5, 5.41) is 4.44. The van der Waals surface area contributed by atoms with Crippen LogP contribution in [0, 0.1) is 0 Å². The Morgan fingerprint density at radius 1 is 1.29 bits per heavy atom. The first kappa shape index (κ1) is 12.5. The van der Waals surface area contributed by atoms with Gasteiger partial charge in [-0.25, -0.2) is 4.98 Å². The molecule has 0 unspecified atom stereocenters. The summed E-state index contributed by atoms with van der Waals surface area (Å²) in [5.41, 5.74) is 2.17. The number of benzene rings is 1. The van der Waals surface area contributed by atoms with Crippen LogP contribution in [0.25, 0.3) is 11.0 Å². The first-order chi connectivity index (χ1) is 8.40. The van der Waals surface area contributed by atoms with Crippen molar-refractivity contribution in [3.63, 3.8) is 0 Å². The molecule has 1 aromatic carbocycles. The number of H-pyrrole nitrogens is 1. The molecule has 0 aliphatic heterocycles. The van der Waals surface area contributed by atoms with E-state index in [1.165, 1.54) is 12.8 Å². The van der Waals surface area contributed by atoms with Gasteiger partial charge in [0.1, 0.15) is 0 Å². The fourth-order valence-electron chi connectivity index (χ4n) is 1.64. The van der Waals surface area contributed by atoms with E-state index < -0.39 is 0 Å². The summed E-state index contributed by atoms with van der Waals surface area (Å²) < 4.78 is 0. The van der Waals surface area contributed by atoms with Crippen LogP contribution in [0.5, 0.6) is 0 Å². The average molecular weight is 249 g/mol. The number of hydrogen-bond donors (Lipinski definition) is 2. The molecule has 2 N–H and O–H groups in total. The van der Waals surface area contributed by atoms with Gasteiger partial charge in [0.25, 0.3) is 0 Å². The summed E-state index contributed by atoms with van der Waals surface area (Å²) in [6, 6.07) is 8.15. The third kappa shape index (κ3) is 3.75. The molecule has 0 atom stereocenters. The Kier molecular flexibility index (Phi) is 4.88. The number of para-hydroxylation sites is 2. The Balaban J connectivity index is 1.75. The highest BCUT2D eigenvalue weighted by Gasteiger charge is 2.01. The highest BCUT2D eigenvalue weighted by molar-refractivity contribution is 7.99. The zero-order valence-electron chi connectivity index (χ0n) is 10.2. The van der Waals surface area contributed by atoms with Gasteiger partial charge in [-0.3, -0.25) is 0 Å². The van der Waals surface area contributed by atoms with Crippen LogP contribution in [-0.4, -0.2) is 28.8 Å². The van der Waals surface area contributed by atoms with Crippen molar-refractivity contribution in [2.45, 2.75) is 24.9 Å². The molecule has 2 rings (SSSR count). The second kappa shape index (κ2) is 6.67. The molecule has 2 aromatic rings. The van der Waals surface area contributed by atoms with E-state index in [-0.39, 0.29) is 0 Å². The van der Waals surface area contributed by atoms with Crippen molar-refractivity contribution in [2.24, 2.45) is 0 Å². The van der Waals surface area contributed by atoms with Gasteiger partial charge in [0.15, 0.2) is 5.16 Å². The van der Waals surface area contributed by atoms with Crippen LogP contribution < -0.4 is 5.32 Å². The molecule has 1 heterocycles. The summed E-state index contributed by atoms with van der Waals surface area (Å²) in [7, 11) is 0. The quantitative estimate of drug-likeness (QED) is 0.585. The summed E-state index contributed by atoms with van der Waals surface area (Å²) in [5.74, 6) is 1.06. The van der Waals surface area contributed by atoms with Gasteiger partial charge in [0, 0.05) is 12.3 Å². The summed E-state index contributed by atoms with van der Waals surface area (Å²) >= 11 is 1.78. The number of aromatic nitrogens is 2. The number of thioether (sulfide) groups is 1. The third-order valence-electron chi connectivity index (χ3n) is 2.59. The van der Waals surface area contributed by atoms with Gasteiger partial charge in [-0.05, 0) is 25.1 Å². The lowest BCUT2D eigenvalue weighted by molar-refractivity contribution is 0.666.